The molecule has 3 heteroatoms. The first-order valence-electron chi connectivity index (χ1n) is 5.42. The highest BCUT2D eigenvalue weighted by Gasteiger charge is 2.59. The van der Waals surface area contributed by atoms with Crippen LogP contribution in [0.4, 0.5) is 0 Å². The Kier molecular flexibility index (Phi) is 2.08. The molecular formula is C11H20N2S. The van der Waals surface area contributed by atoms with E-state index in [1.54, 1.807) is 0 Å². The molecule has 0 saturated heterocycles. The molecule has 14 heavy (non-hydrogen) atoms. The molecule has 3 N–H and O–H groups in total. The van der Waals surface area contributed by atoms with Gasteiger partial charge >= 0.3 is 0 Å². The van der Waals surface area contributed by atoms with Crippen LogP contribution < -0.4 is 11.1 Å². The zero-order valence-electron chi connectivity index (χ0n) is 9.26. The molecule has 2 aliphatic carbocycles. The lowest BCUT2D eigenvalue weighted by Crippen LogP contribution is -2.53. The quantitative estimate of drug-likeness (QED) is 0.653. The normalized spacial score (nSPS) is 43.9. The third-order valence-corrected chi connectivity index (χ3v) is 4.67. The second kappa shape index (κ2) is 2.84. The monoisotopic (exact) mass is 212 g/mol. The van der Waals surface area contributed by atoms with E-state index in [0.29, 0.717) is 22.0 Å². The van der Waals surface area contributed by atoms with Gasteiger partial charge in [0.2, 0.25) is 0 Å². The molecule has 2 fully saturated rings. The summed E-state index contributed by atoms with van der Waals surface area (Å²) in [6, 6.07) is 0.464. The first kappa shape index (κ1) is 10.2. The second-order valence-electron chi connectivity index (χ2n) is 5.86. The van der Waals surface area contributed by atoms with Gasteiger partial charge in [0, 0.05) is 6.04 Å². The highest BCUT2D eigenvalue weighted by molar-refractivity contribution is 7.80. The van der Waals surface area contributed by atoms with Crippen LogP contribution in [-0.2, 0) is 0 Å². The fourth-order valence-corrected chi connectivity index (χ4v) is 3.92. The molecule has 0 heterocycles. The predicted octanol–water partition coefficient (Wildman–Crippen LogP) is 2.03. The van der Waals surface area contributed by atoms with Gasteiger partial charge in [-0.3, -0.25) is 0 Å². The summed E-state index contributed by atoms with van der Waals surface area (Å²) in [6.45, 7) is 7.06. The van der Waals surface area contributed by atoms with E-state index in [4.69, 9.17) is 18.0 Å². The van der Waals surface area contributed by atoms with Crippen LogP contribution >= 0.6 is 12.2 Å². The molecule has 2 aliphatic rings. The van der Waals surface area contributed by atoms with Gasteiger partial charge in [0.15, 0.2) is 5.11 Å². The van der Waals surface area contributed by atoms with Crippen molar-refractivity contribution in [1.82, 2.24) is 5.32 Å². The van der Waals surface area contributed by atoms with Crippen LogP contribution in [0.3, 0.4) is 0 Å². The van der Waals surface area contributed by atoms with E-state index in [9.17, 15) is 0 Å². The van der Waals surface area contributed by atoms with E-state index in [2.05, 4.69) is 26.1 Å². The molecular weight excluding hydrogens is 192 g/mol. The van der Waals surface area contributed by atoms with E-state index < -0.39 is 0 Å². The summed E-state index contributed by atoms with van der Waals surface area (Å²) in [7, 11) is 0. The Labute approximate surface area is 91.6 Å². The van der Waals surface area contributed by atoms with Gasteiger partial charge in [-0.1, -0.05) is 20.8 Å². The second-order valence-corrected chi connectivity index (χ2v) is 6.30. The number of nitrogens with one attached hydrogen (secondary N) is 1. The molecule has 2 bridgehead atoms. The van der Waals surface area contributed by atoms with Gasteiger partial charge < -0.3 is 11.1 Å². The lowest BCUT2D eigenvalue weighted by atomic mass is 9.68. The fraction of sp³-hybridized carbons (Fsp3) is 0.909. The molecule has 0 radical (unpaired) electrons. The number of hydrogen-bond donors (Lipinski definition) is 2. The fourth-order valence-electron chi connectivity index (χ4n) is 3.80. The van der Waals surface area contributed by atoms with Crippen molar-refractivity contribution in [2.24, 2.45) is 22.5 Å². The zero-order chi connectivity index (χ0) is 10.6. The molecule has 0 aromatic carbocycles. The SMILES string of the molecule is CC12CCC(C1)C(C)(C)C2NC(N)=S. The molecule has 0 aromatic rings. The van der Waals surface area contributed by atoms with E-state index in [0.717, 1.165) is 5.92 Å². The summed E-state index contributed by atoms with van der Waals surface area (Å²) < 4.78 is 0. The molecule has 80 valence electrons. The van der Waals surface area contributed by atoms with E-state index in [1.807, 2.05) is 0 Å². The average Bonchev–Trinajstić information content (AvgIpc) is 2.49. The Hall–Kier alpha value is -0.310. The maximum atomic E-state index is 5.60. The minimum atomic E-state index is 0.344. The highest BCUT2D eigenvalue weighted by Crippen LogP contribution is 2.62. The van der Waals surface area contributed by atoms with Gasteiger partial charge in [0.1, 0.15) is 0 Å². The topological polar surface area (TPSA) is 38.0 Å². The van der Waals surface area contributed by atoms with Gasteiger partial charge in [-0.2, -0.15) is 0 Å². The zero-order valence-corrected chi connectivity index (χ0v) is 10.1. The lowest BCUT2D eigenvalue weighted by Gasteiger charge is -2.43. The largest absolute Gasteiger partial charge is 0.376 e. The van der Waals surface area contributed by atoms with Crippen LogP contribution in [0.1, 0.15) is 40.0 Å². The Morgan fingerprint density at radius 1 is 1.43 bits per heavy atom. The molecule has 0 spiro atoms. The van der Waals surface area contributed by atoms with Gasteiger partial charge in [0.25, 0.3) is 0 Å². The minimum absolute atomic E-state index is 0.344. The molecule has 3 unspecified atom stereocenters. The lowest BCUT2D eigenvalue weighted by molar-refractivity contribution is 0.125. The first-order chi connectivity index (χ1) is 6.36. The van der Waals surface area contributed by atoms with Gasteiger partial charge in [0.05, 0.1) is 0 Å². The maximum Gasteiger partial charge on any atom is 0.163 e. The van der Waals surface area contributed by atoms with Crippen LogP contribution in [0, 0.1) is 16.7 Å². The van der Waals surface area contributed by atoms with Crippen LogP contribution in [0.15, 0.2) is 0 Å². The summed E-state index contributed by atoms with van der Waals surface area (Å²) in [5.41, 5.74) is 6.36. The van der Waals surface area contributed by atoms with Crippen LogP contribution in [0.25, 0.3) is 0 Å². The Bertz CT molecular complexity index is 270. The van der Waals surface area contributed by atoms with Crippen LogP contribution in [0.2, 0.25) is 0 Å². The van der Waals surface area contributed by atoms with Crippen molar-refractivity contribution in [3.05, 3.63) is 0 Å². The van der Waals surface area contributed by atoms with E-state index in [1.165, 1.54) is 19.3 Å². The van der Waals surface area contributed by atoms with E-state index in [-0.39, 0.29) is 0 Å². The number of thiocarbonyl (C=S) groups is 1. The third kappa shape index (κ3) is 1.25. The van der Waals surface area contributed by atoms with Crippen molar-refractivity contribution >= 4 is 17.3 Å². The van der Waals surface area contributed by atoms with E-state index >= 15 is 0 Å². The van der Waals surface area contributed by atoms with Gasteiger partial charge in [-0.05, 0) is 48.2 Å². The number of hydrogen-bond acceptors (Lipinski definition) is 1. The summed E-state index contributed by atoms with van der Waals surface area (Å²) >= 11 is 4.97. The van der Waals surface area contributed by atoms with Crippen molar-refractivity contribution in [1.29, 1.82) is 0 Å². The van der Waals surface area contributed by atoms with Gasteiger partial charge in [-0.25, -0.2) is 0 Å². The third-order valence-electron chi connectivity index (χ3n) is 4.56. The molecule has 2 rings (SSSR count). The summed E-state index contributed by atoms with van der Waals surface area (Å²) in [6.07, 6.45) is 4.03. The number of nitrogens with two attached hydrogens (primary N) is 1. The summed E-state index contributed by atoms with van der Waals surface area (Å²) in [4.78, 5) is 0. The molecule has 0 amide bonds. The van der Waals surface area contributed by atoms with Crippen molar-refractivity contribution in [2.75, 3.05) is 0 Å². The van der Waals surface area contributed by atoms with Crippen LogP contribution in [-0.4, -0.2) is 11.2 Å². The van der Waals surface area contributed by atoms with Crippen molar-refractivity contribution < 1.29 is 0 Å². The Morgan fingerprint density at radius 3 is 2.50 bits per heavy atom. The number of fused-ring (bicyclic) bond motifs is 2. The maximum absolute atomic E-state index is 5.60. The number of rotatable bonds is 1. The Morgan fingerprint density at radius 2 is 2.07 bits per heavy atom. The van der Waals surface area contributed by atoms with Crippen LogP contribution in [0.5, 0.6) is 0 Å². The Balaban J connectivity index is 2.25. The smallest absolute Gasteiger partial charge is 0.163 e. The van der Waals surface area contributed by atoms with Crippen molar-refractivity contribution in [3.63, 3.8) is 0 Å². The standard InChI is InChI=1S/C11H20N2S/c1-10(2)7-4-5-11(3,6-7)8(10)13-9(12)14/h7-8H,4-6H2,1-3H3,(H3,12,13,14). The molecule has 0 aliphatic heterocycles. The molecule has 0 aromatic heterocycles. The molecule has 3 atom stereocenters. The first-order valence-corrected chi connectivity index (χ1v) is 5.83. The summed E-state index contributed by atoms with van der Waals surface area (Å²) in [5, 5.41) is 3.77. The van der Waals surface area contributed by atoms with Crippen molar-refractivity contribution in [3.8, 4) is 0 Å². The average molecular weight is 212 g/mol. The minimum Gasteiger partial charge on any atom is -0.376 e. The predicted molar refractivity (Wildman–Crippen MR) is 62.9 cm³/mol. The van der Waals surface area contributed by atoms with Gasteiger partial charge in [-0.15, -0.1) is 0 Å². The highest BCUT2D eigenvalue weighted by atomic mass is 32.1. The molecule has 2 nitrogen and oxygen atoms in total. The summed E-state index contributed by atoms with van der Waals surface area (Å²) in [5.74, 6) is 0.847. The molecule has 2 saturated carbocycles. The van der Waals surface area contributed by atoms with Crippen molar-refractivity contribution in [2.45, 2.75) is 46.1 Å².